The van der Waals surface area contributed by atoms with Crippen LogP contribution in [-0.4, -0.2) is 42.2 Å². The van der Waals surface area contributed by atoms with E-state index < -0.39 is 17.7 Å². The fourth-order valence-corrected chi connectivity index (χ4v) is 4.20. The number of para-hydroxylation sites is 2. The van der Waals surface area contributed by atoms with Crippen LogP contribution in [0.3, 0.4) is 0 Å². The van der Waals surface area contributed by atoms with Gasteiger partial charge < -0.3 is 24.4 Å². The zero-order valence-corrected chi connectivity index (χ0v) is 18.2. The lowest BCUT2D eigenvalue weighted by atomic mass is 9.95. The molecule has 3 aromatic carbocycles. The third-order valence-electron chi connectivity index (χ3n) is 5.83. The monoisotopic (exact) mass is 459 g/mol. The molecule has 1 fully saturated rings. The number of carbonyl (C=O) groups excluding carboxylic acids is 2. The van der Waals surface area contributed by atoms with Crippen molar-refractivity contribution in [3.8, 4) is 23.0 Å². The highest BCUT2D eigenvalue weighted by Crippen LogP contribution is 2.45. The van der Waals surface area contributed by atoms with E-state index in [0.717, 1.165) is 0 Å². The molecule has 0 bridgehead atoms. The van der Waals surface area contributed by atoms with E-state index in [1.54, 1.807) is 60.7 Å². The van der Waals surface area contributed by atoms with E-state index in [0.29, 0.717) is 41.6 Å². The number of phenolic OH excluding ortho intramolecular Hbond substituents is 1. The lowest BCUT2D eigenvalue weighted by Gasteiger charge is -2.26. The highest BCUT2D eigenvalue weighted by atomic mass is 16.6. The molecule has 1 unspecified atom stereocenters. The number of ether oxygens (including phenoxy) is 3. The van der Waals surface area contributed by atoms with E-state index in [4.69, 9.17) is 14.2 Å². The maximum atomic E-state index is 13.2. The van der Waals surface area contributed by atoms with Crippen molar-refractivity contribution in [3.05, 3.63) is 83.4 Å². The molecule has 2 aliphatic heterocycles. The number of nitrogens with zero attached hydrogens (tertiary/aromatic N) is 1. The number of aliphatic hydroxyl groups excluding tert-OH is 1. The van der Waals surface area contributed by atoms with Crippen LogP contribution >= 0.6 is 0 Å². The number of amides is 1. The molecule has 2 heterocycles. The van der Waals surface area contributed by atoms with Gasteiger partial charge in [-0.25, -0.2) is 0 Å². The first kappa shape index (κ1) is 21.4. The number of hydrogen-bond acceptors (Lipinski definition) is 7. The van der Waals surface area contributed by atoms with E-state index in [9.17, 15) is 19.8 Å². The van der Waals surface area contributed by atoms with Gasteiger partial charge in [-0.2, -0.15) is 0 Å². The molecular weight excluding hydrogens is 438 g/mol. The molecule has 1 saturated heterocycles. The number of aliphatic hydroxyl groups is 1. The Hall–Kier alpha value is -4.46. The molecule has 8 nitrogen and oxygen atoms in total. The van der Waals surface area contributed by atoms with Crippen LogP contribution < -0.4 is 19.1 Å². The first-order valence-corrected chi connectivity index (χ1v) is 10.6. The minimum atomic E-state index is -0.979. The van der Waals surface area contributed by atoms with Gasteiger partial charge in [0.05, 0.1) is 24.4 Å². The van der Waals surface area contributed by atoms with E-state index in [2.05, 4.69) is 0 Å². The second-order valence-electron chi connectivity index (χ2n) is 7.79. The number of anilines is 1. The number of hydrogen-bond donors (Lipinski definition) is 2. The first-order valence-electron chi connectivity index (χ1n) is 10.6. The third kappa shape index (κ3) is 3.49. The summed E-state index contributed by atoms with van der Waals surface area (Å²) in [6, 6.07) is 16.9. The van der Waals surface area contributed by atoms with Crippen LogP contribution in [0.5, 0.6) is 23.0 Å². The Labute approximate surface area is 195 Å². The lowest BCUT2D eigenvalue weighted by Crippen LogP contribution is -2.29. The van der Waals surface area contributed by atoms with Crippen molar-refractivity contribution in [2.75, 3.05) is 25.2 Å². The Balaban J connectivity index is 1.70. The Morgan fingerprint density at radius 2 is 1.68 bits per heavy atom. The summed E-state index contributed by atoms with van der Waals surface area (Å²) >= 11 is 0. The SMILES string of the molecule is COc1ccc(C2/C(=C(/O)c3ccc4c(c3)OCCO4)C(=O)C(=O)N2c2ccccc2O)cc1. The molecule has 0 aliphatic carbocycles. The molecule has 1 amide bonds. The van der Waals surface area contributed by atoms with E-state index in [1.807, 2.05) is 0 Å². The van der Waals surface area contributed by atoms with E-state index >= 15 is 0 Å². The van der Waals surface area contributed by atoms with Crippen LogP contribution in [0.2, 0.25) is 0 Å². The van der Waals surface area contributed by atoms with Gasteiger partial charge in [0.25, 0.3) is 11.7 Å². The maximum Gasteiger partial charge on any atom is 0.300 e. The van der Waals surface area contributed by atoms with Gasteiger partial charge >= 0.3 is 0 Å². The van der Waals surface area contributed by atoms with Crippen molar-refractivity contribution in [1.29, 1.82) is 0 Å². The zero-order valence-electron chi connectivity index (χ0n) is 18.2. The summed E-state index contributed by atoms with van der Waals surface area (Å²) in [5.41, 5.74) is 0.919. The van der Waals surface area contributed by atoms with Crippen molar-refractivity contribution < 1.29 is 34.0 Å². The summed E-state index contributed by atoms with van der Waals surface area (Å²) in [5, 5.41) is 21.7. The summed E-state index contributed by atoms with van der Waals surface area (Å²) in [4.78, 5) is 27.6. The molecule has 34 heavy (non-hydrogen) atoms. The molecule has 5 rings (SSSR count). The first-order chi connectivity index (χ1) is 16.5. The number of ketones is 1. The summed E-state index contributed by atoms with van der Waals surface area (Å²) in [6.07, 6.45) is 0. The smallest absolute Gasteiger partial charge is 0.300 e. The number of aromatic hydroxyl groups is 1. The largest absolute Gasteiger partial charge is 0.507 e. The number of phenols is 1. The average molecular weight is 459 g/mol. The summed E-state index contributed by atoms with van der Waals surface area (Å²) in [6.45, 7) is 0.780. The van der Waals surface area contributed by atoms with Gasteiger partial charge in [-0.05, 0) is 48.0 Å². The third-order valence-corrected chi connectivity index (χ3v) is 5.83. The van der Waals surface area contributed by atoms with Gasteiger partial charge in [0, 0.05) is 5.56 Å². The van der Waals surface area contributed by atoms with Crippen molar-refractivity contribution in [2.24, 2.45) is 0 Å². The topological polar surface area (TPSA) is 106 Å². The van der Waals surface area contributed by atoms with Gasteiger partial charge in [0.15, 0.2) is 11.5 Å². The van der Waals surface area contributed by atoms with E-state index in [-0.39, 0.29) is 22.8 Å². The minimum absolute atomic E-state index is 0.102. The molecule has 8 heteroatoms. The van der Waals surface area contributed by atoms with E-state index in [1.165, 1.54) is 18.1 Å². The Bertz CT molecular complexity index is 1310. The molecule has 0 aromatic heterocycles. The molecular formula is C26H21NO7. The minimum Gasteiger partial charge on any atom is -0.507 e. The number of Topliss-reactive ketones (excluding diaryl/α,β-unsaturated/α-hetero) is 1. The highest BCUT2D eigenvalue weighted by Gasteiger charge is 2.47. The standard InChI is InChI=1S/C26H21NO7/c1-32-17-9-6-15(7-10-17)23-22(24(29)16-8-11-20-21(14-16)34-13-12-33-20)25(30)26(31)27(23)18-4-2-3-5-19(18)28/h2-11,14,23,28-29H,12-13H2,1H3/b24-22-. The zero-order chi connectivity index (χ0) is 23.8. The molecule has 0 saturated carbocycles. The quantitative estimate of drug-likeness (QED) is 0.347. The lowest BCUT2D eigenvalue weighted by molar-refractivity contribution is -0.132. The van der Waals surface area contributed by atoms with Crippen LogP contribution in [-0.2, 0) is 9.59 Å². The summed E-state index contributed by atoms with van der Waals surface area (Å²) < 4.78 is 16.4. The molecule has 2 N–H and O–H groups in total. The molecule has 172 valence electrons. The second kappa shape index (κ2) is 8.47. The van der Waals surface area contributed by atoms with Crippen LogP contribution in [0, 0.1) is 0 Å². The number of benzene rings is 3. The molecule has 1 atom stereocenters. The van der Waals surface area contributed by atoms with Crippen LogP contribution in [0.4, 0.5) is 5.69 Å². The van der Waals surface area contributed by atoms with Crippen LogP contribution in [0.25, 0.3) is 5.76 Å². The average Bonchev–Trinajstić information content (AvgIpc) is 3.13. The highest BCUT2D eigenvalue weighted by molar-refractivity contribution is 6.51. The fourth-order valence-electron chi connectivity index (χ4n) is 4.20. The van der Waals surface area contributed by atoms with Crippen molar-refractivity contribution in [1.82, 2.24) is 0 Å². The Morgan fingerprint density at radius 1 is 0.971 bits per heavy atom. The van der Waals surface area contributed by atoms with Gasteiger partial charge in [-0.3, -0.25) is 14.5 Å². The second-order valence-corrected chi connectivity index (χ2v) is 7.79. The Kier molecular flexibility index (Phi) is 5.33. The number of carbonyl (C=O) groups is 2. The summed E-state index contributed by atoms with van der Waals surface area (Å²) in [7, 11) is 1.53. The number of rotatable bonds is 4. The van der Waals surface area contributed by atoms with Gasteiger partial charge in [-0.15, -0.1) is 0 Å². The molecule has 2 aliphatic rings. The predicted octanol–water partition coefficient (Wildman–Crippen LogP) is 3.80. The molecule has 0 spiro atoms. The number of methoxy groups -OCH3 is 1. The maximum absolute atomic E-state index is 13.2. The van der Waals surface area contributed by atoms with Crippen molar-refractivity contribution in [3.63, 3.8) is 0 Å². The van der Waals surface area contributed by atoms with Crippen molar-refractivity contribution >= 4 is 23.1 Å². The van der Waals surface area contributed by atoms with Gasteiger partial charge in [-0.1, -0.05) is 24.3 Å². The fraction of sp³-hybridized carbons (Fsp3) is 0.154. The van der Waals surface area contributed by atoms with Crippen LogP contribution in [0.1, 0.15) is 17.2 Å². The normalized spacial score (nSPS) is 18.7. The molecule has 3 aromatic rings. The summed E-state index contributed by atoms with van der Waals surface area (Å²) in [5.74, 6) is -0.681. The van der Waals surface area contributed by atoms with Gasteiger partial charge in [0.2, 0.25) is 0 Å². The van der Waals surface area contributed by atoms with Crippen LogP contribution in [0.15, 0.2) is 72.3 Å². The predicted molar refractivity (Wildman–Crippen MR) is 123 cm³/mol. The van der Waals surface area contributed by atoms with Crippen molar-refractivity contribution in [2.45, 2.75) is 6.04 Å². The Morgan fingerprint density at radius 3 is 2.38 bits per heavy atom. The molecule has 0 radical (unpaired) electrons. The number of fused-ring (bicyclic) bond motifs is 1. The van der Waals surface area contributed by atoms with Gasteiger partial charge in [0.1, 0.15) is 30.5 Å².